The van der Waals surface area contributed by atoms with E-state index < -0.39 is 10.2 Å². The summed E-state index contributed by atoms with van der Waals surface area (Å²) in [5.74, 6) is 0. The van der Waals surface area contributed by atoms with E-state index in [1.165, 1.54) is 0 Å². The van der Waals surface area contributed by atoms with Crippen molar-refractivity contribution in [2.24, 2.45) is 0 Å². The number of ether oxygens (including phenoxy) is 1. The zero-order chi connectivity index (χ0) is 18.9. The highest BCUT2D eigenvalue weighted by atomic mass is 32.2. The minimum Gasteiger partial charge on any atom is -0.382 e. The van der Waals surface area contributed by atoms with Gasteiger partial charge in [-0.3, -0.25) is 4.98 Å². The van der Waals surface area contributed by atoms with Gasteiger partial charge in [-0.15, -0.1) is 0 Å². The highest BCUT2D eigenvalue weighted by Crippen LogP contribution is 2.26. The molecule has 0 unspecified atom stereocenters. The summed E-state index contributed by atoms with van der Waals surface area (Å²) in [5, 5.41) is 4.72. The van der Waals surface area contributed by atoms with Gasteiger partial charge in [-0.05, 0) is 31.9 Å². The van der Waals surface area contributed by atoms with Crippen molar-refractivity contribution in [3.8, 4) is 0 Å². The van der Waals surface area contributed by atoms with Crippen molar-refractivity contribution >= 4 is 26.8 Å². The van der Waals surface area contributed by atoms with Crippen LogP contribution in [0.25, 0.3) is 10.9 Å². The van der Waals surface area contributed by atoms with Gasteiger partial charge in [0.1, 0.15) is 0 Å². The smallest absolute Gasteiger partial charge is 0.282 e. The molecule has 7 nitrogen and oxygen atoms in total. The van der Waals surface area contributed by atoms with Crippen molar-refractivity contribution in [2.75, 3.05) is 44.7 Å². The SMILES string of the molecule is Cc1cc(NC2CCN(S(=O)(=O)N3CCOCC3)CC2)c2ccccc2n1. The molecule has 0 amide bonds. The van der Waals surface area contributed by atoms with Gasteiger partial charge in [0.2, 0.25) is 0 Å². The van der Waals surface area contributed by atoms with Crippen LogP contribution in [-0.4, -0.2) is 67.4 Å². The first kappa shape index (κ1) is 18.6. The predicted molar refractivity (Wildman–Crippen MR) is 106 cm³/mol. The first-order valence-electron chi connectivity index (χ1n) is 9.50. The minimum atomic E-state index is -3.37. The number of aryl methyl sites for hydroxylation is 1. The predicted octanol–water partition coefficient (Wildman–Crippen LogP) is 2.00. The second-order valence-corrected chi connectivity index (χ2v) is 9.09. The van der Waals surface area contributed by atoms with Crippen LogP contribution in [0.1, 0.15) is 18.5 Å². The summed E-state index contributed by atoms with van der Waals surface area (Å²) in [6.07, 6.45) is 1.58. The second kappa shape index (κ2) is 7.71. The Morgan fingerprint density at radius 3 is 2.48 bits per heavy atom. The Balaban J connectivity index is 1.43. The van der Waals surface area contributed by atoms with E-state index in [2.05, 4.69) is 22.4 Å². The summed E-state index contributed by atoms with van der Waals surface area (Å²) < 4.78 is 34.0. The molecule has 4 rings (SSSR count). The van der Waals surface area contributed by atoms with Gasteiger partial charge < -0.3 is 10.1 Å². The van der Waals surface area contributed by atoms with Gasteiger partial charge in [0, 0.05) is 49.0 Å². The van der Waals surface area contributed by atoms with Crippen molar-refractivity contribution in [3.63, 3.8) is 0 Å². The summed E-state index contributed by atoms with van der Waals surface area (Å²) in [7, 11) is -3.37. The quantitative estimate of drug-likeness (QED) is 0.864. The number of nitrogens with zero attached hydrogens (tertiary/aromatic N) is 3. The third-order valence-corrected chi connectivity index (χ3v) is 7.32. The molecule has 8 heteroatoms. The number of morpholine rings is 1. The molecule has 3 heterocycles. The van der Waals surface area contributed by atoms with Crippen molar-refractivity contribution in [1.29, 1.82) is 0 Å². The molecule has 0 spiro atoms. The fraction of sp³-hybridized carbons (Fsp3) is 0.526. The number of rotatable bonds is 4. The maximum Gasteiger partial charge on any atom is 0.282 e. The van der Waals surface area contributed by atoms with Crippen LogP contribution in [0, 0.1) is 6.92 Å². The van der Waals surface area contributed by atoms with E-state index in [4.69, 9.17) is 4.74 Å². The van der Waals surface area contributed by atoms with E-state index in [0.717, 1.165) is 35.1 Å². The summed E-state index contributed by atoms with van der Waals surface area (Å²) >= 11 is 0. The maximum absolute atomic E-state index is 12.8. The Morgan fingerprint density at radius 2 is 1.74 bits per heavy atom. The first-order chi connectivity index (χ1) is 13.0. The Kier molecular flexibility index (Phi) is 5.32. The molecule has 0 bridgehead atoms. The van der Waals surface area contributed by atoms with Gasteiger partial charge in [-0.2, -0.15) is 17.0 Å². The van der Waals surface area contributed by atoms with Gasteiger partial charge in [0.05, 0.1) is 18.7 Å². The van der Waals surface area contributed by atoms with Crippen LogP contribution in [0.4, 0.5) is 5.69 Å². The number of nitrogens with one attached hydrogen (secondary N) is 1. The summed E-state index contributed by atoms with van der Waals surface area (Å²) in [6, 6.07) is 10.4. The van der Waals surface area contributed by atoms with Crippen LogP contribution in [0.2, 0.25) is 0 Å². The molecular weight excluding hydrogens is 364 g/mol. The van der Waals surface area contributed by atoms with Gasteiger partial charge in [0.15, 0.2) is 0 Å². The Morgan fingerprint density at radius 1 is 1.07 bits per heavy atom. The molecule has 2 fully saturated rings. The van der Waals surface area contributed by atoms with Crippen molar-refractivity contribution in [3.05, 3.63) is 36.0 Å². The van der Waals surface area contributed by atoms with Crippen LogP contribution in [0.3, 0.4) is 0 Å². The standard InChI is InChI=1S/C19H26N4O3S/c1-15-14-19(17-4-2-3-5-18(17)20-15)21-16-6-8-22(9-7-16)27(24,25)23-10-12-26-13-11-23/h2-5,14,16H,6-13H2,1H3,(H,20,21). The summed E-state index contributed by atoms with van der Waals surface area (Å²) in [5.41, 5.74) is 3.03. The fourth-order valence-electron chi connectivity index (χ4n) is 3.82. The molecule has 0 radical (unpaired) electrons. The van der Waals surface area contributed by atoms with Gasteiger partial charge >= 0.3 is 0 Å². The highest BCUT2D eigenvalue weighted by molar-refractivity contribution is 7.86. The van der Waals surface area contributed by atoms with E-state index in [1.807, 2.05) is 25.1 Å². The summed E-state index contributed by atoms with van der Waals surface area (Å²) in [6.45, 7) is 4.93. The topological polar surface area (TPSA) is 74.8 Å². The van der Waals surface area contributed by atoms with Crippen molar-refractivity contribution in [1.82, 2.24) is 13.6 Å². The second-order valence-electron chi connectivity index (χ2n) is 7.17. The zero-order valence-corrected chi connectivity index (χ0v) is 16.4. The van der Waals surface area contributed by atoms with E-state index >= 15 is 0 Å². The molecular formula is C19H26N4O3S. The lowest BCUT2D eigenvalue weighted by molar-refractivity contribution is 0.0697. The first-order valence-corrected chi connectivity index (χ1v) is 10.9. The average molecular weight is 391 g/mol. The number of hydrogen-bond donors (Lipinski definition) is 1. The van der Waals surface area contributed by atoms with Gasteiger partial charge in [-0.25, -0.2) is 0 Å². The molecule has 1 aromatic heterocycles. The molecule has 2 saturated heterocycles. The number of aromatic nitrogens is 1. The lowest BCUT2D eigenvalue weighted by Crippen LogP contribution is -2.51. The molecule has 0 atom stereocenters. The third-order valence-electron chi connectivity index (χ3n) is 5.28. The molecule has 0 saturated carbocycles. The molecule has 2 aliphatic heterocycles. The average Bonchev–Trinajstić information content (AvgIpc) is 2.69. The minimum absolute atomic E-state index is 0.256. The molecule has 2 aliphatic rings. The van der Waals surface area contributed by atoms with Crippen molar-refractivity contribution in [2.45, 2.75) is 25.8 Å². The van der Waals surface area contributed by atoms with E-state index in [-0.39, 0.29) is 6.04 Å². The number of piperidine rings is 1. The Bertz CT molecular complexity index is 904. The number of para-hydroxylation sites is 1. The van der Waals surface area contributed by atoms with Crippen LogP contribution >= 0.6 is 0 Å². The lowest BCUT2D eigenvalue weighted by atomic mass is 10.1. The van der Waals surface area contributed by atoms with Crippen LogP contribution in [0.5, 0.6) is 0 Å². The number of benzene rings is 1. The van der Waals surface area contributed by atoms with E-state index in [1.54, 1.807) is 8.61 Å². The van der Waals surface area contributed by atoms with Gasteiger partial charge in [0.25, 0.3) is 10.2 Å². The van der Waals surface area contributed by atoms with Crippen LogP contribution < -0.4 is 5.32 Å². The molecule has 146 valence electrons. The molecule has 27 heavy (non-hydrogen) atoms. The van der Waals surface area contributed by atoms with Crippen LogP contribution in [0.15, 0.2) is 30.3 Å². The number of fused-ring (bicyclic) bond motifs is 1. The highest BCUT2D eigenvalue weighted by Gasteiger charge is 2.33. The Labute approximate surface area is 160 Å². The lowest BCUT2D eigenvalue weighted by Gasteiger charge is -2.36. The summed E-state index contributed by atoms with van der Waals surface area (Å²) in [4.78, 5) is 4.58. The van der Waals surface area contributed by atoms with Crippen LogP contribution in [-0.2, 0) is 14.9 Å². The normalized spacial score (nSPS) is 20.8. The third kappa shape index (κ3) is 3.94. The zero-order valence-electron chi connectivity index (χ0n) is 15.6. The number of anilines is 1. The monoisotopic (exact) mass is 390 g/mol. The van der Waals surface area contributed by atoms with Crippen molar-refractivity contribution < 1.29 is 13.2 Å². The number of hydrogen-bond acceptors (Lipinski definition) is 5. The number of pyridine rings is 1. The fourth-order valence-corrected chi connectivity index (χ4v) is 5.43. The van der Waals surface area contributed by atoms with Gasteiger partial charge in [-0.1, -0.05) is 18.2 Å². The van der Waals surface area contributed by atoms with E-state index in [0.29, 0.717) is 39.4 Å². The molecule has 0 aliphatic carbocycles. The molecule has 1 aromatic carbocycles. The molecule has 1 N–H and O–H groups in total. The maximum atomic E-state index is 12.8. The van der Waals surface area contributed by atoms with E-state index in [9.17, 15) is 8.42 Å². The molecule has 2 aromatic rings. The largest absolute Gasteiger partial charge is 0.382 e. The Hall–Kier alpha value is -1.74.